The summed E-state index contributed by atoms with van der Waals surface area (Å²) in [5.74, 6) is -0.793. The van der Waals surface area contributed by atoms with Gasteiger partial charge in [-0.25, -0.2) is 9.37 Å². The number of nitrogens with one attached hydrogen (secondary N) is 2. The van der Waals surface area contributed by atoms with Crippen molar-refractivity contribution in [3.05, 3.63) is 42.1 Å². The predicted molar refractivity (Wildman–Crippen MR) is 101 cm³/mol. The van der Waals surface area contributed by atoms with Crippen LogP contribution in [0.4, 0.5) is 9.52 Å². The molecular formula is C19H15FN4OS. The fraction of sp³-hybridized carbons (Fsp3) is 0.211. The van der Waals surface area contributed by atoms with Crippen molar-refractivity contribution in [2.24, 2.45) is 5.92 Å². The summed E-state index contributed by atoms with van der Waals surface area (Å²) in [5.41, 5.74) is 5.20. The fourth-order valence-electron chi connectivity index (χ4n) is 3.25. The van der Waals surface area contributed by atoms with Crippen LogP contribution in [0.15, 0.2) is 36.5 Å². The number of fused-ring (bicyclic) bond motifs is 2. The van der Waals surface area contributed by atoms with E-state index in [0.717, 1.165) is 37.8 Å². The molecule has 0 saturated heterocycles. The molecule has 2 aromatic carbocycles. The topological polar surface area (TPSA) is 70.7 Å². The molecule has 4 aromatic rings. The van der Waals surface area contributed by atoms with Crippen molar-refractivity contribution in [1.29, 1.82) is 0 Å². The van der Waals surface area contributed by atoms with Crippen molar-refractivity contribution in [3.63, 3.8) is 0 Å². The molecule has 26 heavy (non-hydrogen) atoms. The van der Waals surface area contributed by atoms with Gasteiger partial charge < -0.3 is 5.32 Å². The second kappa shape index (κ2) is 5.60. The molecule has 1 saturated carbocycles. The third kappa shape index (κ3) is 2.47. The maximum Gasteiger partial charge on any atom is 0.232 e. The van der Waals surface area contributed by atoms with Crippen LogP contribution in [0.5, 0.6) is 0 Å². The number of rotatable bonds is 3. The number of hydrogen-bond acceptors (Lipinski definition) is 4. The Kier molecular flexibility index (Phi) is 3.33. The van der Waals surface area contributed by atoms with Crippen LogP contribution in [0.2, 0.25) is 0 Å². The minimum Gasteiger partial charge on any atom is -0.302 e. The molecule has 0 radical (unpaired) electrons. The minimum atomic E-state index is -1.00. The molecule has 2 aromatic heterocycles. The Bertz CT molecular complexity index is 1160. The molecule has 2 N–H and O–H groups in total. The zero-order chi connectivity index (χ0) is 17.8. The summed E-state index contributed by atoms with van der Waals surface area (Å²) in [6.07, 6.45) is 1.13. The maximum atomic E-state index is 13.0. The molecule has 2 heterocycles. The standard InChI is InChI=1S/C19H15FN4OS/c1-9-12(4-2-11-8-21-24-17(9)11)10-3-5-15-16(6-10)26-19(22-15)23-18(25)13-7-14(13)20/h2-6,8,13-14H,7H2,1H3,(H,21,24)(H,22,23,25)/t13-,14+/m1/s1. The average molecular weight is 366 g/mol. The van der Waals surface area contributed by atoms with Gasteiger partial charge in [-0.15, -0.1) is 0 Å². The lowest BCUT2D eigenvalue weighted by molar-refractivity contribution is -0.117. The van der Waals surface area contributed by atoms with Crippen LogP contribution < -0.4 is 5.32 Å². The van der Waals surface area contributed by atoms with Gasteiger partial charge in [0.25, 0.3) is 0 Å². The Morgan fingerprint density at radius 3 is 3.00 bits per heavy atom. The number of alkyl halides is 1. The van der Waals surface area contributed by atoms with E-state index in [0.29, 0.717) is 11.6 Å². The van der Waals surface area contributed by atoms with Crippen LogP contribution >= 0.6 is 11.3 Å². The van der Waals surface area contributed by atoms with Gasteiger partial charge in [0.05, 0.1) is 27.8 Å². The Hall–Kier alpha value is -2.80. The van der Waals surface area contributed by atoms with Crippen LogP contribution in [-0.4, -0.2) is 27.3 Å². The van der Waals surface area contributed by atoms with Gasteiger partial charge in [0.2, 0.25) is 5.91 Å². The highest BCUT2D eigenvalue weighted by atomic mass is 32.1. The summed E-state index contributed by atoms with van der Waals surface area (Å²) in [7, 11) is 0. The molecule has 1 amide bonds. The highest BCUT2D eigenvalue weighted by molar-refractivity contribution is 7.22. The van der Waals surface area contributed by atoms with Gasteiger partial charge in [0, 0.05) is 5.39 Å². The van der Waals surface area contributed by atoms with Gasteiger partial charge in [-0.05, 0) is 42.2 Å². The van der Waals surface area contributed by atoms with E-state index in [1.54, 1.807) is 0 Å². The highest BCUT2D eigenvalue weighted by Crippen LogP contribution is 2.37. The van der Waals surface area contributed by atoms with E-state index >= 15 is 0 Å². The predicted octanol–water partition coefficient (Wildman–Crippen LogP) is 4.44. The molecule has 0 spiro atoms. The third-order valence-corrected chi connectivity index (χ3v) is 5.79. The number of carbonyl (C=O) groups is 1. The number of carbonyl (C=O) groups excluding carboxylic acids is 1. The molecule has 130 valence electrons. The van der Waals surface area contributed by atoms with Crippen molar-refractivity contribution in [2.45, 2.75) is 19.5 Å². The smallest absolute Gasteiger partial charge is 0.232 e. The minimum absolute atomic E-state index is 0.280. The number of hydrogen-bond donors (Lipinski definition) is 2. The van der Waals surface area contributed by atoms with E-state index in [2.05, 4.69) is 39.6 Å². The highest BCUT2D eigenvalue weighted by Gasteiger charge is 2.43. The van der Waals surface area contributed by atoms with Gasteiger partial charge in [-0.1, -0.05) is 29.5 Å². The van der Waals surface area contributed by atoms with E-state index in [1.807, 2.05) is 24.4 Å². The first kappa shape index (κ1) is 15.5. The quantitative estimate of drug-likeness (QED) is 0.563. The normalized spacial score (nSPS) is 19.2. The first-order valence-electron chi connectivity index (χ1n) is 8.39. The average Bonchev–Trinajstić information content (AvgIpc) is 3.03. The van der Waals surface area contributed by atoms with Gasteiger partial charge in [0.1, 0.15) is 6.17 Å². The van der Waals surface area contributed by atoms with Crippen molar-refractivity contribution in [2.75, 3.05) is 5.32 Å². The first-order valence-corrected chi connectivity index (χ1v) is 9.20. The number of benzene rings is 2. The number of anilines is 1. The molecule has 1 fully saturated rings. The molecule has 0 aliphatic heterocycles. The summed E-state index contributed by atoms with van der Waals surface area (Å²) in [4.78, 5) is 16.3. The fourth-order valence-corrected chi connectivity index (χ4v) is 4.15. The first-order chi connectivity index (χ1) is 12.6. The van der Waals surface area contributed by atoms with Crippen molar-refractivity contribution in [3.8, 4) is 11.1 Å². The number of nitrogens with zero attached hydrogens (tertiary/aromatic N) is 2. The monoisotopic (exact) mass is 366 g/mol. The van der Waals surface area contributed by atoms with Gasteiger partial charge in [0.15, 0.2) is 5.13 Å². The Morgan fingerprint density at radius 1 is 1.35 bits per heavy atom. The molecule has 5 rings (SSSR count). The largest absolute Gasteiger partial charge is 0.302 e. The summed E-state index contributed by atoms with van der Waals surface area (Å²) in [5, 5.41) is 11.5. The lowest BCUT2D eigenvalue weighted by Gasteiger charge is -2.07. The van der Waals surface area contributed by atoms with Gasteiger partial charge in [-0.3, -0.25) is 9.89 Å². The number of H-pyrrole nitrogens is 1. The molecule has 1 aliphatic rings. The molecule has 0 bridgehead atoms. The van der Waals surface area contributed by atoms with Crippen molar-refractivity contribution >= 4 is 43.5 Å². The maximum absolute atomic E-state index is 13.0. The molecule has 0 unspecified atom stereocenters. The Balaban J connectivity index is 1.50. The van der Waals surface area contributed by atoms with Gasteiger partial charge in [-0.2, -0.15) is 5.10 Å². The second-order valence-electron chi connectivity index (χ2n) is 6.62. The van der Waals surface area contributed by atoms with Crippen LogP contribution in [0.1, 0.15) is 12.0 Å². The number of thiazole rings is 1. The molecule has 7 heteroatoms. The van der Waals surface area contributed by atoms with Crippen LogP contribution in [0, 0.1) is 12.8 Å². The number of aromatic nitrogens is 3. The molecule has 5 nitrogen and oxygen atoms in total. The molecule has 1 aliphatic carbocycles. The lowest BCUT2D eigenvalue weighted by Crippen LogP contribution is -2.14. The third-order valence-electron chi connectivity index (χ3n) is 4.86. The van der Waals surface area contributed by atoms with E-state index in [9.17, 15) is 9.18 Å². The number of amides is 1. The van der Waals surface area contributed by atoms with E-state index < -0.39 is 12.1 Å². The SMILES string of the molecule is Cc1c(-c2ccc3nc(NC(=O)[C@@H]4C[C@@H]4F)sc3c2)ccc2cn[nH]c12. The van der Waals surface area contributed by atoms with E-state index in [-0.39, 0.29) is 5.91 Å². The lowest BCUT2D eigenvalue weighted by atomic mass is 9.98. The van der Waals surface area contributed by atoms with Crippen LogP contribution in [0.3, 0.4) is 0 Å². The van der Waals surface area contributed by atoms with E-state index in [1.165, 1.54) is 11.3 Å². The summed E-state index contributed by atoms with van der Waals surface area (Å²) >= 11 is 1.41. The van der Waals surface area contributed by atoms with Crippen LogP contribution in [0.25, 0.3) is 32.2 Å². The number of halogens is 1. The van der Waals surface area contributed by atoms with Gasteiger partial charge >= 0.3 is 0 Å². The Labute approximate surface area is 152 Å². The van der Waals surface area contributed by atoms with Crippen molar-refractivity contribution in [1.82, 2.24) is 15.2 Å². The summed E-state index contributed by atoms with van der Waals surface area (Å²) in [6.45, 7) is 2.07. The number of aryl methyl sites for hydroxylation is 1. The van der Waals surface area contributed by atoms with Crippen molar-refractivity contribution < 1.29 is 9.18 Å². The van der Waals surface area contributed by atoms with E-state index in [4.69, 9.17) is 0 Å². The zero-order valence-electron chi connectivity index (χ0n) is 13.9. The Morgan fingerprint density at radius 2 is 2.19 bits per heavy atom. The van der Waals surface area contributed by atoms with Crippen LogP contribution in [-0.2, 0) is 4.79 Å². The molecule has 2 atom stereocenters. The number of aromatic amines is 1. The second-order valence-corrected chi connectivity index (χ2v) is 7.65. The molecular weight excluding hydrogens is 351 g/mol. The zero-order valence-corrected chi connectivity index (χ0v) is 14.7. The summed E-state index contributed by atoms with van der Waals surface area (Å²) < 4.78 is 14.0. The summed E-state index contributed by atoms with van der Waals surface area (Å²) in [6, 6.07) is 10.2.